The first-order valence-corrected chi connectivity index (χ1v) is 6.68. The third-order valence-electron chi connectivity index (χ3n) is 3.66. The zero-order valence-corrected chi connectivity index (χ0v) is 10.9. The number of carbonyl (C=O) groups excluding carboxylic acids is 1. The number of nitrogens with one attached hydrogen (secondary N) is 1. The van der Waals surface area contributed by atoms with E-state index in [2.05, 4.69) is 23.5 Å². The summed E-state index contributed by atoms with van der Waals surface area (Å²) in [6.45, 7) is 2.05. The zero-order valence-electron chi connectivity index (χ0n) is 10.9. The molecule has 0 saturated heterocycles. The molecule has 0 aliphatic heterocycles. The Balaban J connectivity index is 1.89. The van der Waals surface area contributed by atoms with E-state index in [1.165, 1.54) is 11.1 Å². The van der Waals surface area contributed by atoms with Gasteiger partial charge in [0, 0.05) is 19.1 Å². The second kappa shape index (κ2) is 6.01. The molecule has 1 unspecified atom stereocenters. The van der Waals surface area contributed by atoms with Gasteiger partial charge < -0.3 is 10.4 Å². The normalized spacial score (nSPS) is 19.3. The van der Waals surface area contributed by atoms with Crippen molar-refractivity contribution in [1.82, 2.24) is 5.32 Å². The number of hydrogen-bond donors (Lipinski definition) is 2. The number of hydrogen-bond acceptors (Lipinski definition) is 2. The number of benzene rings is 1. The molecule has 0 radical (unpaired) electrons. The molecule has 1 aliphatic rings. The van der Waals surface area contributed by atoms with E-state index < -0.39 is 0 Å². The van der Waals surface area contributed by atoms with Crippen molar-refractivity contribution in [3.63, 3.8) is 0 Å². The Kier molecular flexibility index (Phi) is 4.37. The molecule has 2 atom stereocenters. The number of carbonyl (C=O) groups is 1. The first-order valence-electron chi connectivity index (χ1n) is 6.68. The topological polar surface area (TPSA) is 49.3 Å². The molecule has 0 fully saturated rings. The Morgan fingerprint density at radius 1 is 1.50 bits per heavy atom. The van der Waals surface area contributed by atoms with Gasteiger partial charge in [-0.05, 0) is 43.2 Å². The molecule has 2 N–H and O–H groups in total. The Bertz CT molecular complexity index is 417. The van der Waals surface area contributed by atoms with Crippen molar-refractivity contribution in [2.24, 2.45) is 0 Å². The second-order valence-corrected chi connectivity index (χ2v) is 5.12. The number of aryl methyl sites for hydroxylation is 1. The summed E-state index contributed by atoms with van der Waals surface area (Å²) < 4.78 is 0. The Labute approximate surface area is 108 Å². The highest BCUT2D eigenvalue weighted by molar-refractivity contribution is 5.77. The lowest BCUT2D eigenvalue weighted by Crippen LogP contribution is -2.33. The summed E-state index contributed by atoms with van der Waals surface area (Å²) >= 11 is 0. The lowest BCUT2D eigenvalue weighted by Gasteiger charge is -2.15. The summed E-state index contributed by atoms with van der Waals surface area (Å²) in [7, 11) is 0. The smallest absolute Gasteiger partial charge is 0.220 e. The molecule has 1 aromatic carbocycles. The van der Waals surface area contributed by atoms with E-state index in [1.807, 2.05) is 13.0 Å². The molecule has 18 heavy (non-hydrogen) atoms. The quantitative estimate of drug-likeness (QED) is 0.836. The van der Waals surface area contributed by atoms with Gasteiger partial charge in [0.25, 0.3) is 0 Å². The molecule has 0 heterocycles. The third-order valence-corrected chi connectivity index (χ3v) is 3.66. The zero-order chi connectivity index (χ0) is 13.0. The number of amides is 1. The molecular formula is C15H21NO2. The van der Waals surface area contributed by atoms with Crippen molar-refractivity contribution in [1.29, 1.82) is 0 Å². The average molecular weight is 247 g/mol. The molecule has 1 amide bonds. The molecule has 1 aliphatic carbocycles. The Morgan fingerprint density at radius 3 is 3.06 bits per heavy atom. The summed E-state index contributed by atoms with van der Waals surface area (Å²) in [5.41, 5.74) is 2.72. The minimum Gasteiger partial charge on any atom is -0.396 e. The highest BCUT2D eigenvalue weighted by Gasteiger charge is 2.24. The molecule has 0 aromatic heterocycles. The standard InChI is InChI=1S/C15H21NO2/c1-11(8-9-17)16-15(18)10-13-7-6-12-4-2-3-5-14(12)13/h2-5,11,13,17H,6-10H2,1H3,(H,16,18)/t11-,13?/m1/s1. The predicted octanol–water partition coefficient (Wildman–Crippen LogP) is 1.99. The summed E-state index contributed by atoms with van der Waals surface area (Å²) in [6.07, 6.45) is 3.33. The number of fused-ring (bicyclic) bond motifs is 1. The third kappa shape index (κ3) is 3.10. The van der Waals surface area contributed by atoms with Crippen LogP contribution in [0, 0.1) is 0 Å². The lowest BCUT2D eigenvalue weighted by atomic mass is 9.97. The fourth-order valence-corrected chi connectivity index (χ4v) is 2.68. The highest BCUT2D eigenvalue weighted by atomic mass is 16.3. The summed E-state index contributed by atoms with van der Waals surface area (Å²) in [6, 6.07) is 8.45. The van der Waals surface area contributed by atoms with Crippen molar-refractivity contribution in [2.75, 3.05) is 6.61 Å². The summed E-state index contributed by atoms with van der Waals surface area (Å²) in [5, 5.41) is 11.8. The van der Waals surface area contributed by atoms with Crippen LogP contribution in [0.25, 0.3) is 0 Å². The van der Waals surface area contributed by atoms with Crippen molar-refractivity contribution < 1.29 is 9.90 Å². The van der Waals surface area contributed by atoms with Crippen molar-refractivity contribution in [3.8, 4) is 0 Å². The van der Waals surface area contributed by atoms with Crippen LogP contribution in [0.4, 0.5) is 0 Å². The van der Waals surface area contributed by atoms with E-state index in [-0.39, 0.29) is 18.6 Å². The van der Waals surface area contributed by atoms with Crippen LogP contribution < -0.4 is 5.32 Å². The molecule has 2 rings (SSSR count). The lowest BCUT2D eigenvalue weighted by molar-refractivity contribution is -0.122. The molecular weight excluding hydrogens is 226 g/mol. The Hall–Kier alpha value is -1.35. The van der Waals surface area contributed by atoms with E-state index in [0.717, 1.165) is 12.8 Å². The van der Waals surface area contributed by atoms with Crippen LogP contribution in [0.15, 0.2) is 24.3 Å². The fraction of sp³-hybridized carbons (Fsp3) is 0.533. The van der Waals surface area contributed by atoms with Gasteiger partial charge in [-0.2, -0.15) is 0 Å². The fourth-order valence-electron chi connectivity index (χ4n) is 2.68. The molecule has 0 bridgehead atoms. The number of aliphatic hydroxyl groups excluding tert-OH is 1. The summed E-state index contributed by atoms with van der Waals surface area (Å²) in [4.78, 5) is 11.9. The molecule has 0 saturated carbocycles. The SMILES string of the molecule is C[C@H](CCO)NC(=O)CC1CCc2ccccc21. The van der Waals surface area contributed by atoms with Gasteiger partial charge in [0.05, 0.1) is 0 Å². The van der Waals surface area contributed by atoms with Crippen LogP contribution >= 0.6 is 0 Å². The maximum Gasteiger partial charge on any atom is 0.220 e. The van der Waals surface area contributed by atoms with Gasteiger partial charge >= 0.3 is 0 Å². The largest absolute Gasteiger partial charge is 0.396 e. The van der Waals surface area contributed by atoms with E-state index in [9.17, 15) is 4.79 Å². The van der Waals surface area contributed by atoms with Crippen molar-refractivity contribution in [2.45, 2.75) is 44.6 Å². The molecule has 98 valence electrons. The molecule has 0 spiro atoms. The van der Waals surface area contributed by atoms with E-state index in [4.69, 9.17) is 5.11 Å². The van der Waals surface area contributed by atoms with E-state index >= 15 is 0 Å². The molecule has 3 nitrogen and oxygen atoms in total. The van der Waals surface area contributed by atoms with Crippen LogP contribution in [-0.4, -0.2) is 23.7 Å². The van der Waals surface area contributed by atoms with Gasteiger partial charge in [-0.15, -0.1) is 0 Å². The second-order valence-electron chi connectivity index (χ2n) is 5.12. The van der Waals surface area contributed by atoms with Gasteiger partial charge in [0.2, 0.25) is 5.91 Å². The maximum absolute atomic E-state index is 11.9. The van der Waals surface area contributed by atoms with Crippen LogP contribution in [0.1, 0.15) is 43.2 Å². The first-order chi connectivity index (χ1) is 8.70. The van der Waals surface area contributed by atoms with Crippen LogP contribution in [0.3, 0.4) is 0 Å². The predicted molar refractivity (Wildman–Crippen MR) is 71.4 cm³/mol. The minimum atomic E-state index is 0.0548. The minimum absolute atomic E-state index is 0.0548. The van der Waals surface area contributed by atoms with Crippen molar-refractivity contribution >= 4 is 5.91 Å². The maximum atomic E-state index is 11.9. The van der Waals surface area contributed by atoms with Crippen molar-refractivity contribution in [3.05, 3.63) is 35.4 Å². The summed E-state index contributed by atoms with van der Waals surface area (Å²) in [5.74, 6) is 0.458. The van der Waals surface area contributed by atoms with Gasteiger partial charge in [-0.25, -0.2) is 0 Å². The van der Waals surface area contributed by atoms with Gasteiger partial charge in [-0.1, -0.05) is 24.3 Å². The Morgan fingerprint density at radius 2 is 2.28 bits per heavy atom. The molecule has 1 aromatic rings. The average Bonchev–Trinajstić information content (AvgIpc) is 2.73. The van der Waals surface area contributed by atoms with E-state index in [1.54, 1.807) is 0 Å². The first kappa shape index (κ1) is 13.1. The van der Waals surface area contributed by atoms with Crippen LogP contribution in [0.5, 0.6) is 0 Å². The van der Waals surface area contributed by atoms with Crippen LogP contribution in [0.2, 0.25) is 0 Å². The monoisotopic (exact) mass is 247 g/mol. The number of aliphatic hydroxyl groups is 1. The van der Waals surface area contributed by atoms with Gasteiger partial charge in [0.1, 0.15) is 0 Å². The number of rotatable bonds is 5. The molecule has 3 heteroatoms. The van der Waals surface area contributed by atoms with Gasteiger partial charge in [-0.3, -0.25) is 4.79 Å². The van der Waals surface area contributed by atoms with E-state index in [0.29, 0.717) is 18.8 Å². The van der Waals surface area contributed by atoms with Gasteiger partial charge in [0.15, 0.2) is 0 Å². The highest BCUT2D eigenvalue weighted by Crippen LogP contribution is 2.35. The van der Waals surface area contributed by atoms with Crippen LogP contribution in [-0.2, 0) is 11.2 Å².